The van der Waals surface area contributed by atoms with Crippen LogP contribution in [0.15, 0.2) is 107 Å². The summed E-state index contributed by atoms with van der Waals surface area (Å²) < 4.78 is 0. The van der Waals surface area contributed by atoms with Gasteiger partial charge < -0.3 is 0 Å². The molecule has 0 unspecified atom stereocenters. The molecule has 0 aliphatic heterocycles. The topological polar surface area (TPSA) is 24.7 Å². The van der Waals surface area contributed by atoms with Gasteiger partial charge in [-0.1, -0.05) is 84.9 Å². The third kappa shape index (κ3) is 3.60. The van der Waals surface area contributed by atoms with Crippen molar-refractivity contribution in [1.82, 2.24) is 0 Å². The molecule has 2 nitrogen and oxygen atoms in total. The molecule has 0 aromatic heterocycles. The lowest BCUT2D eigenvalue weighted by Crippen LogP contribution is -1.82. The molecule has 4 aromatic carbocycles. The second-order valence-electron chi connectivity index (χ2n) is 5.99. The Bertz CT molecular complexity index is 981. The van der Waals surface area contributed by atoms with E-state index in [4.69, 9.17) is 9.98 Å². The fourth-order valence-corrected chi connectivity index (χ4v) is 2.88. The number of rotatable bonds is 4. The van der Waals surface area contributed by atoms with Crippen LogP contribution in [0.1, 0.15) is 11.1 Å². The number of nitrogens with zero attached hydrogens (tertiary/aromatic N) is 2. The van der Waals surface area contributed by atoms with E-state index >= 15 is 0 Å². The van der Waals surface area contributed by atoms with Crippen molar-refractivity contribution in [2.45, 2.75) is 0 Å². The molecule has 0 heterocycles. The molecule has 0 amide bonds. The Balaban J connectivity index is 1.77. The first-order valence-electron chi connectivity index (χ1n) is 8.60. The van der Waals surface area contributed by atoms with Crippen LogP contribution in [0.3, 0.4) is 0 Å². The van der Waals surface area contributed by atoms with E-state index in [9.17, 15) is 0 Å². The molecule has 0 saturated heterocycles. The minimum Gasteiger partial charge on any atom is -0.256 e. The predicted molar refractivity (Wildman–Crippen MR) is 111 cm³/mol. The number of fused-ring (bicyclic) bond motifs is 1. The molecule has 4 rings (SSSR count). The van der Waals surface area contributed by atoms with Gasteiger partial charge >= 0.3 is 0 Å². The lowest BCUT2D eigenvalue weighted by molar-refractivity contribution is 1.52. The van der Waals surface area contributed by atoms with Crippen molar-refractivity contribution >= 4 is 34.6 Å². The Hall–Kier alpha value is -3.52. The Labute approximate surface area is 153 Å². The van der Waals surface area contributed by atoms with Gasteiger partial charge in [0.15, 0.2) is 0 Å². The molecular formula is C24H18N2. The van der Waals surface area contributed by atoms with Crippen LogP contribution in [0.25, 0.3) is 10.8 Å². The predicted octanol–water partition coefficient (Wildman–Crippen LogP) is 6.34. The van der Waals surface area contributed by atoms with Crippen LogP contribution in [-0.4, -0.2) is 12.4 Å². The Kier molecular flexibility index (Phi) is 4.66. The number of hydrogen-bond acceptors (Lipinski definition) is 2. The van der Waals surface area contributed by atoms with Crippen LogP contribution in [0.4, 0.5) is 11.4 Å². The summed E-state index contributed by atoms with van der Waals surface area (Å²) in [5.41, 5.74) is 4.00. The minimum atomic E-state index is 0.923. The monoisotopic (exact) mass is 334 g/mol. The fourth-order valence-electron chi connectivity index (χ4n) is 2.88. The summed E-state index contributed by atoms with van der Waals surface area (Å²) in [7, 11) is 0. The minimum absolute atomic E-state index is 0.923. The molecule has 0 atom stereocenters. The number of aliphatic imine (C=N–C) groups is 2. The summed E-state index contributed by atoms with van der Waals surface area (Å²) in [5, 5.41) is 2.20. The molecule has 0 aliphatic rings. The smallest absolute Gasteiger partial charge is 0.0729 e. The molecule has 0 aliphatic carbocycles. The van der Waals surface area contributed by atoms with Crippen molar-refractivity contribution in [3.05, 3.63) is 108 Å². The van der Waals surface area contributed by atoms with E-state index in [1.54, 1.807) is 0 Å². The fraction of sp³-hybridized carbons (Fsp3) is 0. The van der Waals surface area contributed by atoms with Crippen LogP contribution >= 0.6 is 0 Å². The van der Waals surface area contributed by atoms with Crippen LogP contribution in [-0.2, 0) is 0 Å². The first-order valence-corrected chi connectivity index (χ1v) is 8.60. The highest BCUT2D eigenvalue weighted by atomic mass is 14.8. The molecule has 4 aromatic rings. The normalized spacial score (nSPS) is 11.5. The average Bonchev–Trinajstić information content (AvgIpc) is 2.72. The van der Waals surface area contributed by atoms with E-state index in [1.807, 2.05) is 97.4 Å². The van der Waals surface area contributed by atoms with Gasteiger partial charge in [-0.2, -0.15) is 0 Å². The van der Waals surface area contributed by atoms with Crippen molar-refractivity contribution in [3.63, 3.8) is 0 Å². The maximum atomic E-state index is 4.72. The van der Waals surface area contributed by atoms with Gasteiger partial charge in [-0.15, -0.1) is 0 Å². The van der Waals surface area contributed by atoms with E-state index < -0.39 is 0 Å². The molecule has 2 heteroatoms. The van der Waals surface area contributed by atoms with Gasteiger partial charge in [0.2, 0.25) is 0 Å². The maximum Gasteiger partial charge on any atom is 0.0729 e. The second kappa shape index (κ2) is 7.58. The van der Waals surface area contributed by atoms with Gasteiger partial charge in [0, 0.05) is 17.8 Å². The highest BCUT2D eigenvalue weighted by Gasteiger charge is 2.04. The molecular weight excluding hydrogens is 316 g/mol. The first kappa shape index (κ1) is 16.0. The van der Waals surface area contributed by atoms with Crippen LogP contribution in [0.2, 0.25) is 0 Å². The zero-order valence-electron chi connectivity index (χ0n) is 14.3. The van der Waals surface area contributed by atoms with E-state index in [2.05, 4.69) is 12.1 Å². The highest BCUT2D eigenvalue weighted by molar-refractivity contribution is 6.03. The van der Waals surface area contributed by atoms with E-state index in [0.717, 1.165) is 33.3 Å². The maximum absolute atomic E-state index is 4.72. The Morgan fingerprint density at radius 3 is 1.38 bits per heavy atom. The average molecular weight is 334 g/mol. The van der Waals surface area contributed by atoms with Crippen molar-refractivity contribution in [2.75, 3.05) is 0 Å². The highest BCUT2D eigenvalue weighted by Crippen LogP contribution is 2.34. The lowest BCUT2D eigenvalue weighted by atomic mass is 10.1. The quantitative estimate of drug-likeness (QED) is 0.389. The third-order valence-corrected chi connectivity index (χ3v) is 4.17. The van der Waals surface area contributed by atoms with E-state index in [-0.39, 0.29) is 0 Å². The lowest BCUT2D eigenvalue weighted by Gasteiger charge is -2.05. The van der Waals surface area contributed by atoms with Gasteiger partial charge in [0.05, 0.1) is 11.4 Å². The van der Waals surface area contributed by atoms with Gasteiger partial charge in [0.1, 0.15) is 0 Å². The van der Waals surface area contributed by atoms with Crippen molar-refractivity contribution in [3.8, 4) is 0 Å². The molecule has 0 saturated carbocycles. The SMILES string of the molecule is C(=N\c1cccc2cccc(/N=C/c3ccccc3)c12)/c1ccccc1. The van der Waals surface area contributed by atoms with Crippen molar-refractivity contribution < 1.29 is 0 Å². The second-order valence-corrected chi connectivity index (χ2v) is 5.99. The molecule has 0 N–H and O–H groups in total. The van der Waals surface area contributed by atoms with Crippen LogP contribution in [0, 0.1) is 0 Å². The van der Waals surface area contributed by atoms with Gasteiger partial charge in [-0.05, 0) is 28.6 Å². The van der Waals surface area contributed by atoms with Crippen LogP contribution in [0.5, 0.6) is 0 Å². The van der Waals surface area contributed by atoms with E-state index in [1.165, 1.54) is 0 Å². The summed E-state index contributed by atoms with van der Waals surface area (Å²) >= 11 is 0. The molecule has 124 valence electrons. The summed E-state index contributed by atoms with van der Waals surface area (Å²) in [6.45, 7) is 0. The standard InChI is InChI=1S/C24H18N2/c1-3-9-19(10-4-1)17-25-22-15-7-13-21-14-8-16-23(24(21)22)26-18-20-11-5-2-6-12-20/h1-18H/b25-17+,26-18+. The summed E-state index contributed by atoms with van der Waals surface area (Å²) in [6, 6.07) is 32.6. The third-order valence-electron chi connectivity index (χ3n) is 4.17. The number of hydrogen-bond donors (Lipinski definition) is 0. The van der Waals surface area contributed by atoms with Crippen molar-refractivity contribution in [2.24, 2.45) is 9.98 Å². The van der Waals surface area contributed by atoms with Crippen molar-refractivity contribution in [1.29, 1.82) is 0 Å². The molecule has 26 heavy (non-hydrogen) atoms. The van der Waals surface area contributed by atoms with Gasteiger partial charge in [-0.25, -0.2) is 0 Å². The van der Waals surface area contributed by atoms with Gasteiger partial charge in [-0.3, -0.25) is 9.98 Å². The summed E-state index contributed by atoms with van der Waals surface area (Å²) in [5.74, 6) is 0. The largest absolute Gasteiger partial charge is 0.256 e. The summed E-state index contributed by atoms with van der Waals surface area (Å²) in [4.78, 5) is 9.44. The zero-order chi connectivity index (χ0) is 17.6. The Morgan fingerprint density at radius 2 is 0.923 bits per heavy atom. The molecule has 0 spiro atoms. The molecule has 0 bridgehead atoms. The van der Waals surface area contributed by atoms with Gasteiger partial charge in [0.25, 0.3) is 0 Å². The first-order chi connectivity index (χ1) is 12.9. The summed E-state index contributed by atoms with van der Waals surface area (Å²) in [6.07, 6.45) is 3.79. The zero-order valence-corrected chi connectivity index (χ0v) is 14.3. The Morgan fingerprint density at radius 1 is 0.462 bits per heavy atom. The van der Waals surface area contributed by atoms with Crippen LogP contribution < -0.4 is 0 Å². The molecule has 0 radical (unpaired) electrons. The number of benzene rings is 4. The van der Waals surface area contributed by atoms with E-state index in [0.29, 0.717) is 0 Å². The molecule has 0 fully saturated rings.